The lowest BCUT2D eigenvalue weighted by Gasteiger charge is -2.47. The zero-order valence-corrected chi connectivity index (χ0v) is 30.1. The summed E-state index contributed by atoms with van der Waals surface area (Å²) in [5, 5.41) is 8.63. The fourth-order valence-electron chi connectivity index (χ4n) is 7.60. The zero-order chi connectivity index (χ0) is 35.0. The first kappa shape index (κ1) is 34.4. The Labute approximate surface area is 298 Å². The summed E-state index contributed by atoms with van der Waals surface area (Å²) in [4.78, 5) is 30.0. The molecule has 3 heterocycles. The van der Waals surface area contributed by atoms with Gasteiger partial charge in [-0.3, -0.25) is 14.3 Å². The van der Waals surface area contributed by atoms with Crippen molar-refractivity contribution in [2.45, 2.75) is 58.1 Å². The highest BCUT2D eigenvalue weighted by molar-refractivity contribution is 7.92. The SMILES string of the molecule is COc1nnc(C)cc1C(=O)NS1(=O)=NC(=O)c2ccc3c(c2)N(Cc2ccc(Cl)cc2CCCCO3)C[C@@H]2CC[C@H]2[C@@H](OC)C2=CC[C@@H]2C1. The van der Waals surface area contributed by atoms with Crippen molar-refractivity contribution in [3.05, 3.63) is 87.1 Å². The van der Waals surface area contributed by atoms with Crippen molar-refractivity contribution in [2.24, 2.45) is 22.1 Å². The molecule has 0 saturated heterocycles. The number of anilines is 1. The summed E-state index contributed by atoms with van der Waals surface area (Å²) in [6, 6.07) is 12.8. The van der Waals surface area contributed by atoms with Crippen LogP contribution in [0.2, 0.25) is 5.02 Å². The highest BCUT2D eigenvalue weighted by atomic mass is 35.5. The van der Waals surface area contributed by atoms with Gasteiger partial charge in [-0.15, -0.1) is 9.46 Å². The van der Waals surface area contributed by atoms with Gasteiger partial charge < -0.3 is 19.1 Å². The van der Waals surface area contributed by atoms with E-state index in [0.29, 0.717) is 42.0 Å². The van der Waals surface area contributed by atoms with Crippen molar-refractivity contribution in [3.8, 4) is 11.6 Å². The fourth-order valence-corrected chi connectivity index (χ4v) is 9.65. The van der Waals surface area contributed by atoms with Crippen LogP contribution in [0.1, 0.15) is 69.6 Å². The largest absolute Gasteiger partial charge is 0.491 e. The Bertz CT molecular complexity index is 1980. The molecule has 2 aliphatic heterocycles. The molecule has 5 atom stereocenters. The number of hydrogen-bond acceptors (Lipinski definition) is 9. The van der Waals surface area contributed by atoms with Crippen LogP contribution < -0.4 is 19.1 Å². The second-order valence-electron chi connectivity index (χ2n) is 13.6. The van der Waals surface area contributed by atoms with Gasteiger partial charge in [0.15, 0.2) is 0 Å². The summed E-state index contributed by atoms with van der Waals surface area (Å²) in [5.74, 6) is -0.420. The van der Waals surface area contributed by atoms with Crippen LogP contribution >= 0.6 is 11.6 Å². The third-order valence-corrected chi connectivity index (χ3v) is 12.5. The molecule has 1 unspecified atom stereocenters. The Hall–Kier alpha value is -4.00. The minimum atomic E-state index is -3.65. The molecule has 1 fully saturated rings. The second-order valence-corrected chi connectivity index (χ2v) is 16.1. The molecule has 1 N–H and O–H groups in total. The van der Waals surface area contributed by atoms with Crippen LogP contribution in [0.5, 0.6) is 11.6 Å². The van der Waals surface area contributed by atoms with Crippen molar-refractivity contribution >= 4 is 39.0 Å². The molecule has 2 bridgehead atoms. The molecular weight excluding hydrogens is 678 g/mol. The van der Waals surface area contributed by atoms with E-state index in [1.165, 1.54) is 24.3 Å². The van der Waals surface area contributed by atoms with Gasteiger partial charge in [0.1, 0.15) is 21.2 Å². The topological polar surface area (TPSA) is 132 Å². The second kappa shape index (κ2) is 14.3. The Morgan fingerprint density at radius 3 is 2.68 bits per heavy atom. The first-order chi connectivity index (χ1) is 24.1. The van der Waals surface area contributed by atoms with Gasteiger partial charge in [-0.05, 0) is 116 Å². The van der Waals surface area contributed by atoms with E-state index in [1.54, 1.807) is 32.2 Å². The van der Waals surface area contributed by atoms with Gasteiger partial charge in [-0.25, -0.2) is 4.21 Å². The number of carbonyl (C=O) groups is 2. The van der Waals surface area contributed by atoms with Gasteiger partial charge in [0, 0.05) is 30.8 Å². The van der Waals surface area contributed by atoms with Gasteiger partial charge in [0.25, 0.3) is 11.8 Å². The summed E-state index contributed by atoms with van der Waals surface area (Å²) < 4.78 is 39.5. The average Bonchev–Trinajstić information content (AvgIpc) is 3.10. The number of rotatable bonds is 4. The first-order valence-corrected chi connectivity index (χ1v) is 19.2. The summed E-state index contributed by atoms with van der Waals surface area (Å²) in [6.07, 6.45) is 7.32. The zero-order valence-electron chi connectivity index (χ0n) is 28.5. The molecular formula is C37H42ClN5O6S. The third kappa shape index (κ3) is 6.97. The Morgan fingerprint density at radius 2 is 1.94 bits per heavy atom. The van der Waals surface area contributed by atoms with Crippen LogP contribution in [0.15, 0.2) is 58.5 Å². The summed E-state index contributed by atoms with van der Waals surface area (Å²) >= 11 is 6.46. The lowest BCUT2D eigenvalue weighted by Crippen LogP contribution is -2.47. The Balaban J connectivity index is 1.34. The number of hydrogen-bond donors (Lipinski definition) is 1. The molecule has 3 aromatic rings. The molecule has 11 nitrogen and oxygen atoms in total. The Kier molecular flexibility index (Phi) is 9.87. The van der Waals surface area contributed by atoms with Crippen LogP contribution in [0.25, 0.3) is 0 Å². The van der Waals surface area contributed by atoms with E-state index in [0.717, 1.165) is 49.9 Å². The number of amides is 2. The van der Waals surface area contributed by atoms with E-state index in [-0.39, 0.29) is 40.7 Å². The van der Waals surface area contributed by atoms with Gasteiger partial charge in [-0.2, -0.15) is 5.10 Å². The van der Waals surface area contributed by atoms with Crippen molar-refractivity contribution in [3.63, 3.8) is 0 Å². The number of fused-ring (bicyclic) bond motifs is 4. The maximum Gasteiger partial charge on any atom is 0.286 e. The minimum Gasteiger partial charge on any atom is -0.491 e. The quantitative estimate of drug-likeness (QED) is 0.317. The van der Waals surface area contributed by atoms with Crippen molar-refractivity contribution in [1.82, 2.24) is 14.9 Å². The molecule has 1 saturated carbocycles. The number of nitrogens with one attached hydrogen (secondary N) is 1. The standard InChI is InChI=1S/C37H42ClN5O6S/c1-22-16-31(37(48-3)40-39-22)36(45)42-50(46)21-27-9-13-30(27)34(47-2)29-12-8-26(29)20-43-19-25-7-11-28(38)17-23(25)6-4-5-15-49-33-14-10-24(18-32(33)43)35(44)41-50/h7,10-11,13-14,16-18,26-27,29,34H,4-6,8-9,12,15,19-21H2,1-3H3,(H,41,42,44,45,46)/t26-,27+,29+,34+,50?/m0/s1. The van der Waals surface area contributed by atoms with Gasteiger partial charge in [-0.1, -0.05) is 23.7 Å². The molecule has 2 aromatic carbocycles. The van der Waals surface area contributed by atoms with E-state index in [9.17, 15) is 13.8 Å². The van der Waals surface area contributed by atoms with Crippen LogP contribution in [0.4, 0.5) is 5.69 Å². The van der Waals surface area contributed by atoms with Crippen molar-refractivity contribution < 1.29 is 28.0 Å². The molecule has 264 valence electrons. The van der Waals surface area contributed by atoms with Crippen LogP contribution in [-0.2, 0) is 27.6 Å². The number of aryl methyl sites for hydroxylation is 2. The lowest BCUT2D eigenvalue weighted by atomic mass is 9.65. The Morgan fingerprint density at radius 1 is 1.08 bits per heavy atom. The average molecular weight is 720 g/mol. The molecule has 0 radical (unpaired) electrons. The number of aromatic nitrogens is 2. The molecule has 2 amide bonds. The van der Waals surface area contributed by atoms with E-state index < -0.39 is 21.7 Å². The maximum absolute atomic E-state index is 14.8. The normalized spacial score (nSPS) is 26.4. The molecule has 7 rings (SSSR count). The van der Waals surface area contributed by atoms with Crippen molar-refractivity contribution in [1.29, 1.82) is 0 Å². The maximum atomic E-state index is 14.8. The number of nitrogens with zero attached hydrogens (tertiary/aromatic N) is 4. The fraction of sp³-hybridized carbons (Fsp3) is 0.459. The van der Waals surface area contributed by atoms with E-state index in [2.05, 4.69) is 42.4 Å². The monoisotopic (exact) mass is 719 g/mol. The summed E-state index contributed by atoms with van der Waals surface area (Å²) in [5.41, 5.74) is 4.98. The molecule has 4 aliphatic rings. The van der Waals surface area contributed by atoms with Gasteiger partial charge in [0.2, 0.25) is 5.88 Å². The molecule has 50 heavy (non-hydrogen) atoms. The van der Waals surface area contributed by atoms with Gasteiger partial charge in [0.05, 0.1) is 37.0 Å². The summed E-state index contributed by atoms with van der Waals surface area (Å²) in [6.45, 7) is 3.55. The number of halogens is 1. The highest BCUT2D eigenvalue weighted by Crippen LogP contribution is 2.47. The lowest BCUT2D eigenvalue weighted by molar-refractivity contribution is -0.00132. The number of carbonyl (C=O) groups excluding carboxylic acids is 2. The first-order valence-electron chi connectivity index (χ1n) is 17.2. The van der Waals surface area contributed by atoms with Gasteiger partial charge >= 0.3 is 0 Å². The molecule has 1 aromatic heterocycles. The van der Waals surface area contributed by atoms with E-state index in [4.69, 9.17) is 25.8 Å². The summed E-state index contributed by atoms with van der Waals surface area (Å²) in [7, 11) is -0.549. The third-order valence-electron chi connectivity index (χ3n) is 10.4. The molecule has 0 spiro atoms. The van der Waals surface area contributed by atoms with Crippen LogP contribution in [0.3, 0.4) is 0 Å². The number of ether oxygens (including phenoxy) is 3. The predicted octanol–water partition coefficient (Wildman–Crippen LogP) is 6.12. The predicted molar refractivity (Wildman–Crippen MR) is 191 cm³/mol. The van der Waals surface area contributed by atoms with Crippen molar-refractivity contribution in [2.75, 3.05) is 38.0 Å². The highest BCUT2D eigenvalue weighted by Gasteiger charge is 2.44. The smallest absolute Gasteiger partial charge is 0.286 e. The minimum absolute atomic E-state index is 0.0175. The number of methoxy groups -OCH3 is 2. The molecule has 2 aliphatic carbocycles. The van der Waals surface area contributed by atoms with Crippen LogP contribution in [-0.4, -0.2) is 65.4 Å². The number of benzene rings is 2. The number of allylic oxidation sites excluding steroid dienone is 1. The van der Waals surface area contributed by atoms with Crippen LogP contribution in [0, 0.1) is 24.7 Å². The van der Waals surface area contributed by atoms with E-state index >= 15 is 0 Å². The van der Waals surface area contributed by atoms with E-state index in [1.807, 2.05) is 6.07 Å². The molecule has 13 heteroatoms.